The van der Waals surface area contributed by atoms with Gasteiger partial charge in [-0.3, -0.25) is 0 Å². The van der Waals surface area contributed by atoms with Gasteiger partial charge in [0.1, 0.15) is 0 Å². The third kappa shape index (κ3) is 2.06. The summed E-state index contributed by atoms with van der Waals surface area (Å²) in [6, 6.07) is 15.9. The first-order chi connectivity index (χ1) is 10.2. The second kappa shape index (κ2) is 4.92. The summed E-state index contributed by atoms with van der Waals surface area (Å²) in [5.41, 5.74) is 6.06. The van der Waals surface area contributed by atoms with Crippen molar-refractivity contribution >= 4 is 3.27 Å². The molecule has 0 atom stereocenters. The Kier molecular flexibility index (Phi) is 3.15. The zero-order valence-electron chi connectivity index (χ0n) is 12.7. The third-order valence-electron chi connectivity index (χ3n) is 5.10. The molecule has 0 radical (unpaired) electrons. The van der Waals surface area contributed by atoms with Crippen molar-refractivity contribution < 1.29 is 20.3 Å². The van der Waals surface area contributed by atoms with Crippen molar-refractivity contribution in [3.63, 3.8) is 0 Å². The molecule has 2 aliphatic rings. The van der Waals surface area contributed by atoms with Gasteiger partial charge in [0, 0.05) is 0 Å². The monoisotopic (exact) mass is 350 g/mol. The molecule has 0 aliphatic heterocycles. The molecule has 0 saturated heterocycles. The van der Waals surface area contributed by atoms with Gasteiger partial charge in [-0.15, -0.1) is 0 Å². The fourth-order valence-electron chi connectivity index (χ4n) is 3.83. The van der Waals surface area contributed by atoms with Crippen LogP contribution in [0.25, 0.3) is 11.1 Å². The minimum absolute atomic E-state index is 1.13. The molecule has 0 spiro atoms. The summed E-state index contributed by atoms with van der Waals surface area (Å²) in [4.78, 5) is 0. The van der Waals surface area contributed by atoms with Crippen LogP contribution in [0, 0.1) is 0 Å². The van der Waals surface area contributed by atoms with E-state index in [9.17, 15) is 0 Å². The van der Waals surface area contributed by atoms with Crippen LogP contribution >= 0.6 is 0 Å². The number of hydrogen-bond donors (Lipinski definition) is 0. The first kappa shape index (κ1) is 13.5. The van der Waals surface area contributed by atoms with Crippen LogP contribution in [0.2, 0.25) is 9.26 Å². The van der Waals surface area contributed by atoms with Crippen LogP contribution in [0.1, 0.15) is 17.5 Å². The van der Waals surface area contributed by atoms with Crippen molar-refractivity contribution in [1.82, 2.24) is 0 Å². The molecule has 2 aromatic carbocycles. The Morgan fingerprint density at radius 2 is 1.71 bits per heavy atom. The van der Waals surface area contributed by atoms with Gasteiger partial charge in [0.25, 0.3) is 0 Å². The predicted octanol–water partition coefficient (Wildman–Crippen LogP) is 4.98. The molecule has 2 aliphatic carbocycles. The fourth-order valence-corrected chi connectivity index (χ4v) is 11.1. The molecule has 4 rings (SSSR count). The average molecular weight is 352 g/mol. The van der Waals surface area contributed by atoms with Gasteiger partial charge in [0.05, 0.1) is 0 Å². The Morgan fingerprint density at radius 3 is 2.52 bits per heavy atom. The van der Waals surface area contributed by atoms with Crippen LogP contribution in [-0.4, -0.2) is 0 Å². The average Bonchev–Trinajstić information content (AvgIpc) is 3.14. The van der Waals surface area contributed by atoms with E-state index in [-0.39, 0.29) is 0 Å². The summed E-state index contributed by atoms with van der Waals surface area (Å²) < 4.78 is 8.58. The van der Waals surface area contributed by atoms with Crippen molar-refractivity contribution in [2.45, 2.75) is 22.1 Å². The number of rotatable bonds is 2. The van der Waals surface area contributed by atoms with E-state index in [1.165, 1.54) is 23.1 Å². The molecule has 0 saturated carbocycles. The van der Waals surface area contributed by atoms with Gasteiger partial charge >= 0.3 is 132 Å². The maximum absolute atomic E-state index is 2.58. The first-order valence-electron chi connectivity index (χ1n) is 7.75. The molecule has 0 amide bonds. The molecule has 21 heavy (non-hydrogen) atoms. The molecular formula is C20H20Zr. The maximum atomic E-state index is 2.58. The molecule has 0 heterocycles. The first-order valence-corrected chi connectivity index (χ1v) is 15.1. The zero-order chi connectivity index (χ0) is 14.4. The topological polar surface area (TPSA) is 0 Å². The fraction of sp³-hybridized carbons (Fsp3) is 0.200. The summed E-state index contributed by atoms with van der Waals surface area (Å²) in [6.07, 6.45) is 9.25. The normalized spacial score (nSPS) is 15.8. The second-order valence-corrected chi connectivity index (χ2v) is 17.5. The van der Waals surface area contributed by atoms with Crippen molar-refractivity contribution in [2.75, 3.05) is 0 Å². The molecule has 0 nitrogen and oxygen atoms in total. The van der Waals surface area contributed by atoms with Crippen molar-refractivity contribution in [2.24, 2.45) is 0 Å². The number of hydrogen-bond acceptors (Lipinski definition) is 0. The van der Waals surface area contributed by atoms with Crippen molar-refractivity contribution in [3.05, 3.63) is 75.1 Å². The molecule has 0 bridgehead atoms. The summed E-state index contributed by atoms with van der Waals surface area (Å²) >= 11 is -2.39. The van der Waals surface area contributed by atoms with Gasteiger partial charge < -0.3 is 0 Å². The molecule has 0 N–H and O–H groups in total. The Bertz CT molecular complexity index is 778. The Labute approximate surface area is 131 Å². The Hall–Kier alpha value is -1.20. The summed E-state index contributed by atoms with van der Waals surface area (Å²) in [7, 11) is 0. The summed E-state index contributed by atoms with van der Waals surface area (Å²) in [6.45, 7) is 0. The predicted molar refractivity (Wildman–Crippen MR) is 87.9 cm³/mol. The van der Waals surface area contributed by atoms with Crippen LogP contribution in [-0.2, 0) is 26.7 Å². The second-order valence-electron chi connectivity index (χ2n) is 6.61. The number of benzene rings is 2. The van der Waals surface area contributed by atoms with Crippen LogP contribution in [0.5, 0.6) is 0 Å². The van der Waals surface area contributed by atoms with E-state index in [0.29, 0.717) is 0 Å². The number of fused-ring (bicyclic) bond motifs is 3. The van der Waals surface area contributed by atoms with E-state index in [4.69, 9.17) is 0 Å². The third-order valence-corrected chi connectivity index (χ3v) is 14.4. The standard InChI is InChI=1S/C13H9.C5H5.2CH3.Zr/c1-3-7-12-10(5-1)9-11-6-2-4-8-13(11)12;1-2-4-5-3-1;;;/h1-5,7-8H,9H2;1-3H,4H2;2*1H3;. The van der Waals surface area contributed by atoms with Crippen LogP contribution in [0.4, 0.5) is 0 Å². The van der Waals surface area contributed by atoms with E-state index >= 15 is 0 Å². The van der Waals surface area contributed by atoms with Gasteiger partial charge in [0.15, 0.2) is 0 Å². The van der Waals surface area contributed by atoms with Crippen molar-refractivity contribution in [3.8, 4) is 11.1 Å². The number of allylic oxidation sites excluding steroid dienone is 4. The Morgan fingerprint density at radius 1 is 0.905 bits per heavy atom. The molecule has 0 fully saturated rings. The van der Waals surface area contributed by atoms with Gasteiger partial charge in [-0.2, -0.15) is 0 Å². The molecule has 2 aromatic rings. The van der Waals surface area contributed by atoms with Crippen LogP contribution in [0.15, 0.2) is 64.0 Å². The van der Waals surface area contributed by atoms with E-state index < -0.39 is 20.3 Å². The van der Waals surface area contributed by atoms with Gasteiger partial charge in [0.2, 0.25) is 0 Å². The van der Waals surface area contributed by atoms with E-state index in [2.05, 4.69) is 70.0 Å². The summed E-state index contributed by atoms with van der Waals surface area (Å²) in [5.74, 6) is 0. The van der Waals surface area contributed by atoms with Gasteiger partial charge in [-0.25, -0.2) is 0 Å². The van der Waals surface area contributed by atoms with E-state index in [1.54, 1.807) is 12.1 Å². The minimum atomic E-state index is -2.39. The quantitative estimate of drug-likeness (QED) is 0.611. The van der Waals surface area contributed by atoms with Crippen LogP contribution < -0.4 is 3.27 Å². The van der Waals surface area contributed by atoms with E-state index in [1.807, 2.05) is 0 Å². The Balaban J connectivity index is 1.87. The molecule has 1 heteroatoms. The molecule has 0 unspecified atom stereocenters. The van der Waals surface area contributed by atoms with Crippen molar-refractivity contribution in [1.29, 1.82) is 0 Å². The molecule has 0 aromatic heterocycles. The SMILES string of the molecule is [CH3][Zr]([CH3])([C]1=CC=CC1)[c]1cccc2c1Cc1ccccc1-2. The van der Waals surface area contributed by atoms with Gasteiger partial charge in [-0.1, -0.05) is 0 Å². The van der Waals surface area contributed by atoms with Crippen LogP contribution in [0.3, 0.4) is 0 Å². The summed E-state index contributed by atoms with van der Waals surface area (Å²) in [5, 5.41) is 0. The van der Waals surface area contributed by atoms with Gasteiger partial charge in [-0.05, 0) is 0 Å². The zero-order valence-corrected chi connectivity index (χ0v) is 15.1. The molecular weight excluding hydrogens is 331 g/mol. The molecule has 104 valence electrons. The van der Waals surface area contributed by atoms with E-state index in [0.717, 1.165) is 6.42 Å².